The Morgan fingerprint density at radius 3 is 3.06 bits per heavy atom. The number of nitrogens with one attached hydrogen (secondary N) is 1. The minimum absolute atomic E-state index is 0.0124. The molecule has 3 atom stereocenters. The number of carbonyl (C=O) groups is 1. The third kappa shape index (κ3) is 3.18. The Bertz CT molecular complexity index is 266. The number of morpholine rings is 1. The minimum Gasteiger partial charge on any atom is -0.394 e. The van der Waals surface area contributed by atoms with Crippen molar-refractivity contribution in [3.8, 4) is 0 Å². The van der Waals surface area contributed by atoms with Crippen LogP contribution < -0.4 is 5.32 Å². The van der Waals surface area contributed by atoms with Gasteiger partial charge in [-0.25, -0.2) is 0 Å². The number of hydrogen-bond donors (Lipinski definition) is 2. The monoisotopic (exact) mass is 242 g/mol. The summed E-state index contributed by atoms with van der Waals surface area (Å²) >= 11 is 0. The van der Waals surface area contributed by atoms with Crippen LogP contribution in [0.4, 0.5) is 0 Å². The standard InChI is InChI=1S/C12H22N2O3/c1-9-8-17-11(7-15)6-14(9)12(16)4-10-2-3-13-5-10/h9-11,13,15H,2-8H2,1H3. The van der Waals surface area contributed by atoms with Gasteiger partial charge in [-0.15, -0.1) is 0 Å². The van der Waals surface area contributed by atoms with E-state index in [-0.39, 0.29) is 24.7 Å². The van der Waals surface area contributed by atoms with Crippen LogP contribution in [-0.4, -0.2) is 60.9 Å². The molecular formula is C12H22N2O3. The van der Waals surface area contributed by atoms with Crippen LogP contribution in [0.15, 0.2) is 0 Å². The smallest absolute Gasteiger partial charge is 0.223 e. The highest BCUT2D eigenvalue weighted by molar-refractivity contribution is 5.77. The average Bonchev–Trinajstić information content (AvgIpc) is 2.82. The van der Waals surface area contributed by atoms with E-state index >= 15 is 0 Å². The number of nitrogens with zero attached hydrogens (tertiary/aromatic N) is 1. The molecule has 3 unspecified atom stereocenters. The molecule has 98 valence electrons. The Morgan fingerprint density at radius 1 is 1.59 bits per heavy atom. The van der Waals surface area contributed by atoms with Crippen LogP contribution in [0.3, 0.4) is 0 Å². The van der Waals surface area contributed by atoms with Gasteiger partial charge in [0.05, 0.1) is 25.4 Å². The molecule has 1 amide bonds. The first-order chi connectivity index (χ1) is 8.20. The number of ether oxygens (including phenoxy) is 1. The molecule has 5 nitrogen and oxygen atoms in total. The maximum atomic E-state index is 12.2. The van der Waals surface area contributed by atoms with Crippen LogP contribution in [0, 0.1) is 5.92 Å². The fourth-order valence-electron chi connectivity index (χ4n) is 2.53. The van der Waals surface area contributed by atoms with Crippen molar-refractivity contribution in [2.75, 3.05) is 32.8 Å². The van der Waals surface area contributed by atoms with E-state index in [1.54, 1.807) is 0 Å². The van der Waals surface area contributed by atoms with Gasteiger partial charge in [0.2, 0.25) is 5.91 Å². The summed E-state index contributed by atoms with van der Waals surface area (Å²) in [5.74, 6) is 0.679. The molecule has 2 fully saturated rings. The van der Waals surface area contributed by atoms with E-state index in [0.29, 0.717) is 25.5 Å². The lowest BCUT2D eigenvalue weighted by atomic mass is 10.0. The van der Waals surface area contributed by atoms with Gasteiger partial charge >= 0.3 is 0 Å². The Balaban J connectivity index is 1.87. The summed E-state index contributed by atoms with van der Waals surface area (Å²) in [6, 6.07) is 0.125. The maximum absolute atomic E-state index is 12.2. The van der Waals surface area contributed by atoms with Gasteiger partial charge in [-0.2, -0.15) is 0 Å². The highest BCUT2D eigenvalue weighted by Crippen LogP contribution is 2.18. The van der Waals surface area contributed by atoms with Gasteiger partial charge in [-0.3, -0.25) is 4.79 Å². The minimum atomic E-state index is -0.211. The summed E-state index contributed by atoms with van der Waals surface area (Å²) in [5, 5.41) is 12.4. The average molecular weight is 242 g/mol. The summed E-state index contributed by atoms with van der Waals surface area (Å²) in [5.41, 5.74) is 0. The fraction of sp³-hybridized carbons (Fsp3) is 0.917. The van der Waals surface area contributed by atoms with E-state index in [0.717, 1.165) is 19.5 Å². The Kier molecular flexibility index (Phi) is 4.36. The summed E-state index contributed by atoms with van der Waals surface area (Å²) in [6.45, 7) is 5.01. The summed E-state index contributed by atoms with van der Waals surface area (Å²) in [4.78, 5) is 14.1. The molecular weight excluding hydrogens is 220 g/mol. The van der Waals surface area contributed by atoms with Crippen molar-refractivity contribution in [2.45, 2.75) is 31.9 Å². The fourth-order valence-corrected chi connectivity index (χ4v) is 2.53. The third-order valence-electron chi connectivity index (χ3n) is 3.66. The van der Waals surface area contributed by atoms with E-state index in [2.05, 4.69) is 5.32 Å². The third-order valence-corrected chi connectivity index (χ3v) is 3.66. The second-order valence-corrected chi connectivity index (χ2v) is 5.10. The van der Waals surface area contributed by atoms with Crippen molar-refractivity contribution in [3.05, 3.63) is 0 Å². The normalized spacial score (nSPS) is 34.0. The second kappa shape index (κ2) is 5.80. The second-order valence-electron chi connectivity index (χ2n) is 5.10. The van der Waals surface area contributed by atoms with Gasteiger partial charge in [-0.05, 0) is 32.4 Å². The van der Waals surface area contributed by atoms with Crippen LogP contribution in [0.1, 0.15) is 19.8 Å². The van der Waals surface area contributed by atoms with Gasteiger partial charge in [0, 0.05) is 13.0 Å². The van der Waals surface area contributed by atoms with Crippen LogP contribution in [-0.2, 0) is 9.53 Å². The molecule has 0 aromatic heterocycles. The van der Waals surface area contributed by atoms with E-state index in [4.69, 9.17) is 9.84 Å². The number of carbonyl (C=O) groups excluding carboxylic acids is 1. The lowest BCUT2D eigenvalue weighted by Gasteiger charge is -2.38. The van der Waals surface area contributed by atoms with Gasteiger partial charge in [0.25, 0.3) is 0 Å². The zero-order valence-corrected chi connectivity index (χ0v) is 10.4. The van der Waals surface area contributed by atoms with Crippen molar-refractivity contribution in [1.29, 1.82) is 0 Å². The highest BCUT2D eigenvalue weighted by atomic mass is 16.5. The zero-order chi connectivity index (χ0) is 12.3. The predicted molar refractivity (Wildman–Crippen MR) is 63.6 cm³/mol. The zero-order valence-electron chi connectivity index (χ0n) is 10.4. The first-order valence-corrected chi connectivity index (χ1v) is 6.43. The van der Waals surface area contributed by atoms with Gasteiger partial charge in [-0.1, -0.05) is 0 Å². The number of aliphatic hydroxyl groups is 1. The Hall–Kier alpha value is -0.650. The van der Waals surface area contributed by atoms with Crippen molar-refractivity contribution in [3.63, 3.8) is 0 Å². The first-order valence-electron chi connectivity index (χ1n) is 6.43. The van der Waals surface area contributed by atoms with Crippen LogP contribution in [0.2, 0.25) is 0 Å². The Labute approximate surface area is 102 Å². The molecule has 0 bridgehead atoms. The topological polar surface area (TPSA) is 61.8 Å². The predicted octanol–water partition coefficient (Wildman–Crippen LogP) is -0.406. The quantitative estimate of drug-likeness (QED) is 0.706. The molecule has 2 saturated heterocycles. The number of aliphatic hydroxyl groups excluding tert-OH is 1. The van der Waals surface area contributed by atoms with Crippen molar-refractivity contribution >= 4 is 5.91 Å². The van der Waals surface area contributed by atoms with Crippen LogP contribution in [0.5, 0.6) is 0 Å². The molecule has 0 saturated carbocycles. The summed E-state index contributed by atoms with van der Waals surface area (Å²) < 4.78 is 5.43. The molecule has 17 heavy (non-hydrogen) atoms. The number of rotatable bonds is 3. The highest BCUT2D eigenvalue weighted by Gasteiger charge is 2.30. The molecule has 0 aromatic carbocycles. The lowest BCUT2D eigenvalue weighted by molar-refractivity contribution is -0.147. The molecule has 5 heteroatoms. The van der Waals surface area contributed by atoms with Crippen molar-refractivity contribution in [2.24, 2.45) is 5.92 Å². The van der Waals surface area contributed by atoms with E-state index in [1.807, 2.05) is 11.8 Å². The summed E-state index contributed by atoms with van der Waals surface area (Å²) in [7, 11) is 0. The van der Waals surface area contributed by atoms with Crippen LogP contribution >= 0.6 is 0 Å². The first kappa shape index (κ1) is 12.8. The molecule has 0 radical (unpaired) electrons. The molecule has 2 aliphatic heterocycles. The molecule has 0 aliphatic carbocycles. The number of hydrogen-bond acceptors (Lipinski definition) is 4. The molecule has 2 heterocycles. The largest absolute Gasteiger partial charge is 0.394 e. The molecule has 2 rings (SSSR count). The number of amides is 1. The van der Waals surface area contributed by atoms with E-state index < -0.39 is 0 Å². The molecule has 2 aliphatic rings. The van der Waals surface area contributed by atoms with Crippen molar-refractivity contribution in [1.82, 2.24) is 10.2 Å². The van der Waals surface area contributed by atoms with Crippen LogP contribution in [0.25, 0.3) is 0 Å². The van der Waals surface area contributed by atoms with E-state index in [9.17, 15) is 4.79 Å². The SMILES string of the molecule is CC1COC(CO)CN1C(=O)CC1CCNC1. The van der Waals surface area contributed by atoms with Gasteiger partial charge < -0.3 is 20.1 Å². The van der Waals surface area contributed by atoms with Crippen molar-refractivity contribution < 1.29 is 14.6 Å². The van der Waals surface area contributed by atoms with Gasteiger partial charge in [0.15, 0.2) is 0 Å². The molecule has 0 spiro atoms. The van der Waals surface area contributed by atoms with Gasteiger partial charge in [0.1, 0.15) is 0 Å². The Morgan fingerprint density at radius 2 is 2.41 bits per heavy atom. The lowest BCUT2D eigenvalue weighted by Crippen LogP contribution is -2.52. The van der Waals surface area contributed by atoms with E-state index in [1.165, 1.54) is 0 Å². The molecule has 2 N–H and O–H groups in total. The maximum Gasteiger partial charge on any atom is 0.223 e. The molecule has 0 aromatic rings. The summed E-state index contributed by atoms with van der Waals surface area (Å²) in [6.07, 6.45) is 1.50.